The van der Waals surface area contributed by atoms with E-state index < -0.39 is 12.0 Å². The Kier molecular flexibility index (Phi) is 4.78. The number of halogens is 1. The summed E-state index contributed by atoms with van der Waals surface area (Å²) in [5.41, 5.74) is 0.636. The summed E-state index contributed by atoms with van der Waals surface area (Å²) < 4.78 is 5.85. The van der Waals surface area contributed by atoms with Crippen LogP contribution >= 0.6 is 11.6 Å². The fraction of sp³-hybridized carbons (Fsp3) is 0.579. The average molecular weight is 394 g/mol. The van der Waals surface area contributed by atoms with E-state index in [9.17, 15) is 14.8 Å². The number of hydroxylamine groups is 2. The van der Waals surface area contributed by atoms with E-state index in [-0.39, 0.29) is 17.5 Å². The van der Waals surface area contributed by atoms with Crippen LogP contribution in [0.25, 0.3) is 0 Å². The van der Waals surface area contributed by atoms with E-state index in [1.807, 2.05) is 6.92 Å². The fourth-order valence-corrected chi connectivity index (χ4v) is 4.59. The molecule has 1 aromatic carbocycles. The lowest BCUT2D eigenvalue weighted by Gasteiger charge is -2.47. The van der Waals surface area contributed by atoms with Gasteiger partial charge in [-0.1, -0.05) is 18.5 Å². The molecule has 3 fully saturated rings. The molecule has 0 aliphatic carbocycles. The molecule has 1 aromatic rings. The number of amides is 2. The quantitative estimate of drug-likeness (QED) is 0.630. The largest absolute Gasteiger partial charge is 0.478 e. The highest BCUT2D eigenvalue weighted by Crippen LogP contribution is 2.41. The van der Waals surface area contributed by atoms with Crippen molar-refractivity contribution in [2.45, 2.75) is 38.3 Å². The number of carbonyl (C=O) groups excluding carboxylic acids is 2. The molecule has 8 heteroatoms. The summed E-state index contributed by atoms with van der Waals surface area (Å²) in [5, 5.41) is 11.9. The molecule has 27 heavy (non-hydrogen) atoms. The van der Waals surface area contributed by atoms with Gasteiger partial charge in [0.25, 0.3) is 11.8 Å². The molecule has 3 saturated heterocycles. The number of rotatable bonds is 3. The average Bonchev–Trinajstić information content (AvgIpc) is 2.70. The molecule has 0 saturated carbocycles. The molecule has 4 aliphatic heterocycles. The van der Waals surface area contributed by atoms with Crippen LogP contribution in [0.5, 0.6) is 5.75 Å². The van der Waals surface area contributed by atoms with Crippen LogP contribution in [0, 0.1) is 5.92 Å². The second-order valence-corrected chi connectivity index (χ2v) is 8.01. The fourth-order valence-electron chi connectivity index (χ4n) is 4.38. The van der Waals surface area contributed by atoms with Crippen LogP contribution in [0.3, 0.4) is 0 Å². The van der Waals surface area contributed by atoms with Crippen molar-refractivity contribution in [3.63, 3.8) is 0 Å². The first-order valence-corrected chi connectivity index (χ1v) is 9.81. The minimum Gasteiger partial charge on any atom is -0.478 e. The van der Waals surface area contributed by atoms with E-state index in [2.05, 4.69) is 4.90 Å². The third-order valence-electron chi connectivity index (χ3n) is 6.01. The van der Waals surface area contributed by atoms with E-state index in [4.69, 9.17) is 16.3 Å². The highest BCUT2D eigenvalue weighted by atomic mass is 35.5. The molecule has 146 valence electrons. The lowest BCUT2D eigenvalue weighted by atomic mass is 9.83. The number of benzene rings is 1. The summed E-state index contributed by atoms with van der Waals surface area (Å²) in [6, 6.07) is 2.87. The summed E-state index contributed by atoms with van der Waals surface area (Å²) in [4.78, 5) is 29.3. The van der Waals surface area contributed by atoms with Crippen LogP contribution in [0.1, 0.15) is 36.5 Å². The molecule has 4 heterocycles. The summed E-state index contributed by atoms with van der Waals surface area (Å²) in [7, 11) is 1.64. The molecule has 2 atom stereocenters. The second-order valence-electron chi connectivity index (χ2n) is 7.57. The van der Waals surface area contributed by atoms with E-state index in [1.54, 1.807) is 13.1 Å². The maximum Gasteiger partial charge on any atom is 0.281 e. The molecule has 5 rings (SSSR count). The molecule has 2 unspecified atom stereocenters. The van der Waals surface area contributed by atoms with Crippen LogP contribution < -0.4 is 9.64 Å². The van der Waals surface area contributed by atoms with E-state index in [1.165, 1.54) is 11.0 Å². The molecule has 0 aromatic heterocycles. The summed E-state index contributed by atoms with van der Waals surface area (Å²) in [6.45, 7) is 4.56. The van der Waals surface area contributed by atoms with Crippen molar-refractivity contribution < 1.29 is 19.5 Å². The van der Waals surface area contributed by atoms with Crippen molar-refractivity contribution in [3.05, 3.63) is 22.7 Å². The number of likely N-dealkylation sites (N-methyl/N-ethyl adjacent to an activating group) is 1. The summed E-state index contributed by atoms with van der Waals surface area (Å²) in [5.74, 6) is -0.111. The third kappa shape index (κ3) is 3.07. The van der Waals surface area contributed by atoms with Gasteiger partial charge in [0.15, 0.2) is 11.9 Å². The first-order chi connectivity index (χ1) is 12.9. The first-order valence-electron chi connectivity index (χ1n) is 9.43. The predicted molar refractivity (Wildman–Crippen MR) is 100 cm³/mol. The van der Waals surface area contributed by atoms with Crippen molar-refractivity contribution in [3.8, 4) is 5.75 Å². The molecule has 0 spiro atoms. The van der Waals surface area contributed by atoms with Gasteiger partial charge in [-0.05, 0) is 50.4 Å². The van der Waals surface area contributed by atoms with Gasteiger partial charge in [0.1, 0.15) is 0 Å². The van der Waals surface area contributed by atoms with Crippen LogP contribution in [0.15, 0.2) is 12.1 Å². The second kappa shape index (κ2) is 6.96. The van der Waals surface area contributed by atoms with Crippen LogP contribution in [-0.4, -0.2) is 65.8 Å². The number of piperidine rings is 3. The van der Waals surface area contributed by atoms with E-state index in [0.29, 0.717) is 35.3 Å². The number of ether oxygens (including phenoxy) is 1. The predicted octanol–water partition coefficient (Wildman–Crippen LogP) is 2.40. The number of fused-ring (bicyclic) bond motifs is 4. The minimum absolute atomic E-state index is 0.177. The molecule has 0 radical (unpaired) electrons. The number of hydrogen-bond donors (Lipinski definition) is 1. The van der Waals surface area contributed by atoms with Gasteiger partial charge in [0, 0.05) is 18.6 Å². The SMILES string of the molecule is CCC1Oc2c(C(=O)N(O)C3CN4CCC3CC4)cc(Cl)cc2N(C)C1=O. The third-order valence-corrected chi connectivity index (χ3v) is 6.22. The summed E-state index contributed by atoms with van der Waals surface area (Å²) in [6.07, 6.45) is 1.79. The van der Waals surface area contributed by atoms with Gasteiger partial charge in [0.05, 0.1) is 17.3 Å². The van der Waals surface area contributed by atoms with Gasteiger partial charge < -0.3 is 14.5 Å². The Morgan fingerprint density at radius 3 is 2.67 bits per heavy atom. The first kappa shape index (κ1) is 18.5. The normalized spacial score (nSPS) is 29.3. The van der Waals surface area contributed by atoms with Gasteiger partial charge in [0.2, 0.25) is 0 Å². The Balaban J connectivity index is 1.68. The van der Waals surface area contributed by atoms with Crippen molar-refractivity contribution in [1.82, 2.24) is 9.96 Å². The minimum atomic E-state index is -0.654. The molecular weight excluding hydrogens is 370 g/mol. The van der Waals surface area contributed by atoms with Crippen molar-refractivity contribution in [2.75, 3.05) is 31.6 Å². The maximum absolute atomic E-state index is 13.1. The highest BCUT2D eigenvalue weighted by molar-refractivity contribution is 6.31. The van der Waals surface area contributed by atoms with Crippen LogP contribution in [-0.2, 0) is 4.79 Å². The zero-order chi connectivity index (χ0) is 19.3. The lowest BCUT2D eigenvalue weighted by molar-refractivity contribution is -0.133. The molecule has 2 bridgehead atoms. The Hall–Kier alpha value is -1.83. The van der Waals surface area contributed by atoms with E-state index >= 15 is 0 Å². The topological polar surface area (TPSA) is 73.3 Å². The molecule has 7 nitrogen and oxygen atoms in total. The Morgan fingerprint density at radius 1 is 1.37 bits per heavy atom. The van der Waals surface area contributed by atoms with Gasteiger partial charge >= 0.3 is 0 Å². The molecule has 2 amide bonds. The molecule has 1 N–H and O–H groups in total. The van der Waals surface area contributed by atoms with Gasteiger partial charge in [-0.3, -0.25) is 14.8 Å². The van der Waals surface area contributed by atoms with Crippen molar-refractivity contribution >= 4 is 29.1 Å². The standard InChI is InChI=1S/C19H24ClN3O4/c1-3-16-19(25)21(2)14-9-12(20)8-13(17(14)27-16)18(24)23(26)15-10-22-6-4-11(15)5-7-22/h8-9,11,15-16,26H,3-7,10H2,1-2H3. The Bertz CT molecular complexity index is 778. The van der Waals surface area contributed by atoms with Crippen molar-refractivity contribution in [1.29, 1.82) is 0 Å². The smallest absolute Gasteiger partial charge is 0.281 e. The van der Waals surface area contributed by atoms with Crippen LogP contribution in [0.2, 0.25) is 5.02 Å². The maximum atomic E-state index is 13.1. The molecule has 4 aliphatic rings. The van der Waals surface area contributed by atoms with Crippen LogP contribution in [0.4, 0.5) is 5.69 Å². The monoisotopic (exact) mass is 393 g/mol. The van der Waals surface area contributed by atoms with Gasteiger partial charge in [-0.25, -0.2) is 5.06 Å². The zero-order valence-electron chi connectivity index (χ0n) is 15.5. The highest BCUT2D eigenvalue weighted by Gasteiger charge is 2.41. The van der Waals surface area contributed by atoms with E-state index in [0.717, 1.165) is 31.0 Å². The zero-order valence-corrected chi connectivity index (χ0v) is 16.3. The number of hydrogen-bond acceptors (Lipinski definition) is 5. The van der Waals surface area contributed by atoms with Crippen molar-refractivity contribution in [2.24, 2.45) is 5.92 Å². The Labute approximate surface area is 163 Å². The molecular formula is C19H24ClN3O4. The van der Waals surface area contributed by atoms with Gasteiger partial charge in [-0.15, -0.1) is 0 Å². The van der Waals surface area contributed by atoms with Gasteiger partial charge in [-0.2, -0.15) is 0 Å². The number of carbonyl (C=O) groups is 2. The lowest BCUT2D eigenvalue weighted by Crippen LogP contribution is -2.57. The summed E-state index contributed by atoms with van der Waals surface area (Å²) >= 11 is 6.21. The number of nitrogens with zero attached hydrogens (tertiary/aromatic N) is 3. The number of anilines is 1. The Morgan fingerprint density at radius 2 is 2.07 bits per heavy atom.